The summed E-state index contributed by atoms with van der Waals surface area (Å²) in [6.07, 6.45) is 3.26. The normalized spacial score (nSPS) is 23.1. The summed E-state index contributed by atoms with van der Waals surface area (Å²) in [5.74, 6) is 1.01. The summed E-state index contributed by atoms with van der Waals surface area (Å²) in [5.41, 5.74) is 0. The first kappa shape index (κ1) is 9.61. The molecule has 5 heteroatoms. The molecule has 1 unspecified atom stereocenters. The Hall–Kier alpha value is -0.940. The Morgan fingerprint density at radius 1 is 1.64 bits per heavy atom. The second-order valence-corrected chi connectivity index (χ2v) is 3.74. The van der Waals surface area contributed by atoms with Gasteiger partial charge in [0, 0.05) is 12.5 Å². The van der Waals surface area contributed by atoms with Gasteiger partial charge in [-0.15, -0.1) is 0 Å². The molecule has 0 spiro atoms. The summed E-state index contributed by atoms with van der Waals surface area (Å²) < 4.78 is 4.83. The Morgan fingerprint density at radius 2 is 2.50 bits per heavy atom. The lowest BCUT2D eigenvalue weighted by Gasteiger charge is -2.16. The van der Waals surface area contributed by atoms with Crippen LogP contribution in [0, 0.1) is 0 Å². The number of hydrogen-bond donors (Lipinski definition) is 1. The highest BCUT2D eigenvalue weighted by Crippen LogP contribution is 2.17. The van der Waals surface area contributed by atoms with E-state index in [1.807, 2.05) is 0 Å². The number of rotatable bonds is 3. The molecule has 1 N–H and O–H groups in total. The maximum atomic E-state index is 8.76. The van der Waals surface area contributed by atoms with Gasteiger partial charge in [-0.3, -0.25) is 0 Å². The van der Waals surface area contributed by atoms with E-state index in [2.05, 4.69) is 22.1 Å². The van der Waals surface area contributed by atoms with Crippen LogP contribution in [0.2, 0.25) is 0 Å². The molecule has 0 amide bonds. The van der Waals surface area contributed by atoms with Crippen molar-refractivity contribution >= 4 is 0 Å². The van der Waals surface area contributed by atoms with Crippen LogP contribution in [0.15, 0.2) is 4.52 Å². The summed E-state index contributed by atoms with van der Waals surface area (Å²) in [4.78, 5) is 6.39. The molecule has 1 aliphatic rings. The Kier molecular flexibility index (Phi) is 2.79. The van der Waals surface area contributed by atoms with Crippen molar-refractivity contribution in [1.29, 1.82) is 0 Å². The SMILES string of the molecule is CN1CCCC1Cc1noc(CO)n1. The Labute approximate surface area is 82.7 Å². The fourth-order valence-corrected chi connectivity index (χ4v) is 1.89. The minimum Gasteiger partial charge on any atom is -0.387 e. The molecule has 0 aromatic carbocycles. The van der Waals surface area contributed by atoms with Crippen molar-refractivity contribution in [2.45, 2.75) is 31.9 Å². The fourth-order valence-electron chi connectivity index (χ4n) is 1.89. The molecule has 5 nitrogen and oxygen atoms in total. The van der Waals surface area contributed by atoms with Crippen LogP contribution < -0.4 is 0 Å². The number of likely N-dealkylation sites (N-methyl/N-ethyl adjacent to an activating group) is 1. The topological polar surface area (TPSA) is 62.4 Å². The van der Waals surface area contributed by atoms with Gasteiger partial charge in [-0.05, 0) is 26.4 Å². The fraction of sp³-hybridized carbons (Fsp3) is 0.778. The molecule has 1 aromatic heterocycles. The summed E-state index contributed by atoms with van der Waals surface area (Å²) in [7, 11) is 2.12. The first-order valence-corrected chi connectivity index (χ1v) is 4.92. The average Bonchev–Trinajstić information content (AvgIpc) is 2.77. The van der Waals surface area contributed by atoms with Gasteiger partial charge < -0.3 is 14.5 Å². The molecule has 2 rings (SSSR count). The highest BCUT2D eigenvalue weighted by atomic mass is 16.5. The molecule has 1 atom stereocenters. The van der Waals surface area contributed by atoms with Gasteiger partial charge in [0.1, 0.15) is 6.61 Å². The van der Waals surface area contributed by atoms with Crippen molar-refractivity contribution in [1.82, 2.24) is 15.0 Å². The van der Waals surface area contributed by atoms with Gasteiger partial charge in [-0.1, -0.05) is 5.16 Å². The van der Waals surface area contributed by atoms with E-state index < -0.39 is 0 Å². The minimum atomic E-state index is -0.173. The van der Waals surface area contributed by atoms with Crippen molar-refractivity contribution in [2.24, 2.45) is 0 Å². The standard InChI is InChI=1S/C9H15N3O2/c1-12-4-2-3-7(12)5-8-10-9(6-13)14-11-8/h7,13H,2-6H2,1H3. The van der Waals surface area contributed by atoms with Crippen molar-refractivity contribution in [3.8, 4) is 0 Å². The Morgan fingerprint density at radius 3 is 3.07 bits per heavy atom. The quantitative estimate of drug-likeness (QED) is 0.750. The third kappa shape index (κ3) is 1.93. The highest BCUT2D eigenvalue weighted by molar-refractivity contribution is 4.91. The first-order valence-electron chi connectivity index (χ1n) is 4.92. The van der Waals surface area contributed by atoms with E-state index in [1.54, 1.807) is 0 Å². The smallest absolute Gasteiger partial charge is 0.252 e. The van der Waals surface area contributed by atoms with Gasteiger partial charge in [0.2, 0.25) is 0 Å². The molecule has 0 radical (unpaired) electrons. The zero-order valence-electron chi connectivity index (χ0n) is 8.31. The molecule has 1 fully saturated rings. The number of hydrogen-bond acceptors (Lipinski definition) is 5. The van der Waals surface area contributed by atoms with E-state index >= 15 is 0 Å². The summed E-state index contributed by atoms with van der Waals surface area (Å²) in [5, 5.41) is 12.6. The summed E-state index contributed by atoms with van der Waals surface area (Å²) in [6, 6.07) is 0.527. The van der Waals surface area contributed by atoms with E-state index in [0.29, 0.717) is 17.8 Å². The molecular formula is C9H15N3O2. The molecule has 14 heavy (non-hydrogen) atoms. The van der Waals surface area contributed by atoms with E-state index in [4.69, 9.17) is 9.63 Å². The summed E-state index contributed by atoms with van der Waals surface area (Å²) in [6.45, 7) is 0.975. The van der Waals surface area contributed by atoms with Gasteiger partial charge >= 0.3 is 0 Å². The zero-order valence-corrected chi connectivity index (χ0v) is 8.31. The van der Waals surface area contributed by atoms with Crippen LogP contribution in [0.25, 0.3) is 0 Å². The predicted molar refractivity (Wildman–Crippen MR) is 49.6 cm³/mol. The number of likely N-dealkylation sites (tertiary alicyclic amines) is 1. The lowest BCUT2D eigenvalue weighted by Crippen LogP contribution is -2.27. The minimum absolute atomic E-state index is 0.173. The molecular weight excluding hydrogens is 182 g/mol. The maximum absolute atomic E-state index is 8.76. The first-order chi connectivity index (χ1) is 6.79. The second-order valence-electron chi connectivity index (χ2n) is 3.74. The number of nitrogens with zero attached hydrogens (tertiary/aromatic N) is 3. The molecule has 1 aliphatic heterocycles. The highest BCUT2D eigenvalue weighted by Gasteiger charge is 2.22. The largest absolute Gasteiger partial charge is 0.387 e. The van der Waals surface area contributed by atoms with Gasteiger partial charge in [-0.2, -0.15) is 4.98 Å². The van der Waals surface area contributed by atoms with Gasteiger partial charge in [0.25, 0.3) is 5.89 Å². The van der Waals surface area contributed by atoms with E-state index in [1.165, 1.54) is 12.8 Å². The lowest BCUT2D eigenvalue weighted by molar-refractivity contribution is 0.222. The van der Waals surface area contributed by atoms with Crippen molar-refractivity contribution in [3.05, 3.63) is 11.7 Å². The molecule has 0 aliphatic carbocycles. The molecule has 2 heterocycles. The molecule has 0 bridgehead atoms. The molecule has 0 saturated carbocycles. The molecule has 1 aromatic rings. The lowest BCUT2D eigenvalue weighted by atomic mass is 10.1. The van der Waals surface area contributed by atoms with Gasteiger partial charge in [0.05, 0.1) is 0 Å². The summed E-state index contributed by atoms with van der Waals surface area (Å²) >= 11 is 0. The van der Waals surface area contributed by atoms with Crippen LogP contribution in [0.3, 0.4) is 0 Å². The Balaban J connectivity index is 1.96. The zero-order chi connectivity index (χ0) is 9.97. The van der Waals surface area contributed by atoms with E-state index in [-0.39, 0.29) is 6.61 Å². The van der Waals surface area contributed by atoms with Crippen LogP contribution in [-0.2, 0) is 13.0 Å². The van der Waals surface area contributed by atoms with E-state index in [9.17, 15) is 0 Å². The number of aliphatic hydroxyl groups is 1. The second kappa shape index (κ2) is 4.06. The van der Waals surface area contributed by atoms with Crippen LogP contribution >= 0.6 is 0 Å². The third-order valence-corrected chi connectivity index (χ3v) is 2.74. The Bertz CT molecular complexity index is 300. The van der Waals surface area contributed by atoms with Crippen LogP contribution in [-0.4, -0.2) is 39.8 Å². The average molecular weight is 197 g/mol. The monoisotopic (exact) mass is 197 g/mol. The van der Waals surface area contributed by atoms with Crippen molar-refractivity contribution in [2.75, 3.05) is 13.6 Å². The van der Waals surface area contributed by atoms with Crippen molar-refractivity contribution in [3.63, 3.8) is 0 Å². The van der Waals surface area contributed by atoms with Crippen LogP contribution in [0.5, 0.6) is 0 Å². The number of aliphatic hydroxyl groups excluding tert-OH is 1. The molecule has 1 saturated heterocycles. The number of aromatic nitrogens is 2. The van der Waals surface area contributed by atoms with Gasteiger partial charge in [0.15, 0.2) is 5.82 Å². The van der Waals surface area contributed by atoms with Crippen molar-refractivity contribution < 1.29 is 9.63 Å². The predicted octanol–water partition coefficient (Wildman–Crippen LogP) is 0.199. The maximum Gasteiger partial charge on any atom is 0.252 e. The van der Waals surface area contributed by atoms with E-state index in [0.717, 1.165) is 13.0 Å². The molecule has 78 valence electrons. The third-order valence-electron chi connectivity index (χ3n) is 2.74. The van der Waals surface area contributed by atoms with Crippen LogP contribution in [0.1, 0.15) is 24.6 Å². The van der Waals surface area contributed by atoms with Crippen LogP contribution in [0.4, 0.5) is 0 Å². The van der Waals surface area contributed by atoms with Gasteiger partial charge in [-0.25, -0.2) is 0 Å².